The number of amides is 2. The molecule has 0 saturated carbocycles. The van der Waals surface area contributed by atoms with E-state index >= 15 is 0 Å². The fourth-order valence-electron chi connectivity index (χ4n) is 1.02. The Morgan fingerprint density at radius 2 is 1.88 bits per heavy atom. The van der Waals surface area contributed by atoms with E-state index in [1.807, 2.05) is 20.8 Å². The van der Waals surface area contributed by atoms with Crippen LogP contribution in [-0.4, -0.2) is 29.4 Å². The van der Waals surface area contributed by atoms with E-state index in [2.05, 4.69) is 22.9 Å². The van der Waals surface area contributed by atoms with Gasteiger partial charge in [0.2, 0.25) is 0 Å². The molecule has 0 spiro atoms. The summed E-state index contributed by atoms with van der Waals surface area (Å²) in [5.74, 6) is -1.03. The van der Waals surface area contributed by atoms with Crippen LogP contribution in [0.1, 0.15) is 27.2 Å². The molecule has 2 amide bonds. The van der Waals surface area contributed by atoms with Gasteiger partial charge in [-0.3, -0.25) is 9.59 Å². The van der Waals surface area contributed by atoms with Gasteiger partial charge in [0.15, 0.2) is 0 Å². The predicted octanol–water partition coefficient (Wildman–Crippen LogP) is -0.0605. The Morgan fingerprint density at radius 1 is 1.31 bits per heavy atom. The number of hydrogen-bond donors (Lipinski definition) is 3. The molecule has 0 fully saturated rings. The highest BCUT2D eigenvalue weighted by Gasteiger charge is 2.18. The van der Waals surface area contributed by atoms with Crippen molar-refractivity contribution in [1.29, 1.82) is 0 Å². The van der Waals surface area contributed by atoms with Crippen molar-refractivity contribution in [2.24, 2.45) is 11.7 Å². The van der Waals surface area contributed by atoms with Crippen molar-refractivity contribution in [3.8, 4) is 0 Å². The van der Waals surface area contributed by atoms with Crippen LogP contribution in [0, 0.1) is 5.92 Å². The normalized spacial score (nSPS) is 13.7. The van der Waals surface area contributed by atoms with Gasteiger partial charge in [-0.2, -0.15) is 0 Å². The smallest absolute Gasteiger partial charge is 0.309 e. The Bertz CT molecular complexity index is 281. The van der Waals surface area contributed by atoms with E-state index < -0.39 is 11.8 Å². The summed E-state index contributed by atoms with van der Waals surface area (Å²) in [6, 6.07) is -0.0342. The summed E-state index contributed by atoms with van der Waals surface area (Å²) in [6.07, 6.45) is 0.940. The molecule has 2 atom stereocenters. The second kappa shape index (κ2) is 7.16. The van der Waals surface area contributed by atoms with Gasteiger partial charge in [-0.25, -0.2) is 0 Å². The number of nitrogens with two attached hydrogens (primary N) is 1. The number of thiocarbonyl (C=S) groups is 1. The maximum Gasteiger partial charge on any atom is 0.309 e. The number of rotatable bonds is 5. The number of hydrogen-bond acceptors (Lipinski definition) is 3. The third-order valence-electron chi connectivity index (χ3n) is 2.49. The highest BCUT2D eigenvalue weighted by atomic mass is 32.1. The van der Waals surface area contributed by atoms with Gasteiger partial charge >= 0.3 is 11.8 Å². The average molecular weight is 245 g/mol. The van der Waals surface area contributed by atoms with Crippen molar-refractivity contribution < 1.29 is 9.59 Å². The highest BCUT2D eigenvalue weighted by Crippen LogP contribution is 2.05. The van der Waals surface area contributed by atoms with Crippen molar-refractivity contribution in [3.63, 3.8) is 0 Å². The first-order valence-corrected chi connectivity index (χ1v) is 5.66. The summed E-state index contributed by atoms with van der Waals surface area (Å²) < 4.78 is 0. The first kappa shape index (κ1) is 14.8. The van der Waals surface area contributed by atoms with Crippen LogP contribution in [0.3, 0.4) is 0 Å². The van der Waals surface area contributed by atoms with Gasteiger partial charge in [0.1, 0.15) is 0 Å². The molecule has 0 saturated heterocycles. The van der Waals surface area contributed by atoms with Crippen LogP contribution < -0.4 is 16.4 Å². The zero-order chi connectivity index (χ0) is 12.7. The van der Waals surface area contributed by atoms with Crippen molar-refractivity contribution in [3.05, 3.63) is 0 Å². The van der Waals surface area contributed by atoms with Crippen molar-refractivity contribution in [2.45, 2.75) is 33.2 Å². The molecule has 0 aromatic carbocycles. The average Bonchev–Trinajstić information content (AvgIpc) is 2.24. The minimum Gasteiger partial charge on any atom is -0.392 e. The van der Waals surface area contributed by atoms with Gasteiger partial charge < -0.3 is 16.4 Å². The van der Waals surface area contributed by atoms with Gasteiger partial charge in [-0.15, -0.1) is 0 Å². The lowest BCUT2D eigenvalue weighted by Gasteiger charge is -2.19. The molecule has 0 rings (SSSR count). The molecule has 0 heterocycles. The number of carbonyl (C=O) groups excluding carboxylic acids is 2. The fourth-order valence-corrected chi connectivity index (χ4v) is 1.09. The predicted molar refractivity (Wildman–Crippen MR) is 66.9 cm³/mol. The number of carbonyl (C=O) groups is 2. The lowest BCUT2D eigenvalue weighted by atomic mass is 10.0. The summed E-state index contributed by atoms with van der Waals surface area (Å²) in [5, 5.41) is 4.95. The van der Waals surface area contributed by atoms with Crippen LogP contribution in [0.25, 0.3) is 0 Å². The molecule has 0 bridgehead atoms. The molecule has 5 nitrogen and oxygen atoms in total. The van der Waals surface area contributed by atoms with Gasteiger partial charge in [0.05, 0.1) is 11.5 Å². The van der Waals surface area contributed by atoms with Gasteiger partial charge in [0.25, 0.3) is 0 Å². The maximum absolute atomic E-state index is 11.4. The molecule has 0 aliphatic carbocycles. The zero-order valence-electron chi connectivity index (χ0n) is 9.87. The molecule has 0 aromatic rings. The van der Waals surface area contributed by atoms with E-state index in [1.165, 1.54) is 0 Å². The van der Waals surface area contributed by atoms with Crippen LogP contribution in [0.2, 0.25) is 0 Å². The third kappa shape index (κ3) is 5.65. The Hall–Kier alpha value is -1.17. The van der Waals surface area contributed by atoms with Gasteiger partial charge in [-0.1, -0.05) is 32.5 Å². The summed E-state index contributed by atoms with van der Waals surface area (Å²) in [5.41, 5.74) is 5.20. The van der Waals surface area contributed by atoms with E-state index in [0.717, 1.165) is 6.42 Å². The third-order valence-corrected chi connectivity index (χ3v) is 2.63. The first-order valence-electron chi connectivity index (χ1n) is 5.25. The molecule has 0 aliphatic rings. The lowest BCUT2D eigenvalue weighted by molar-refractivity contribution is -0.139. The van der Waals surface area contributed by atoms with Crippen molar-refractivity contribution >= 4 is 29.0 Å². The van der Waals surface area contributed by atoms with Crippen molar-refractivity contribution in [2.75, 3.05) is 6.54 Å². The molecular formula is C10H19N3O2S. The molecule has 0 radical (unpaired) electrons. The monoisotopic (exact) mass is 245 g/mol. The van der Waals surface area contributed by atoms with Crippen molar-refractivity contribution in [1.82, 2.24) is 10.6 Å². The molecule has 0 aliphatic heterocycles. The molecule has 4 N–H and O–H groups in total. The zero-order valence-corrected chi connectivity index (χ0v) is 10.7. The Balaban J connectivity index is 4.05. The summed E-state index contributed by atoms with van der Waals surface area (Å²) in [7, 11) is 0. The molecule has 6 heteroatoms. The summed E-state index contributed by atoms with van der Waals surface area (Å²) in [6.45, 7) is 5.95. The molecule has 16 heavy (non-hydrogen) atoms. The summed E-state index contributed by atoms with van der Waals surface area (Å²) in [4.78, 5) is 22.8. The van der Waals surface area contributed by atoms with E-state index in [9.17, 15) is 9.59 Å². The largest absolute Gasteiger partial charge is 0.392 e. The van der Waals surface area contributed by atoms with E-state index in [-0.39, 0.29) is 17.6 Å². The first-order chi connectivity index (χ1) is 7.38. The molecule has 0 aromatic heterocycles. The number of nitrogens with one attached hydrogen (secondary N) is 2. The Labute approximate surface area is 101 Å². The Morgan fingerprint density at radius 3 is 2.31 bits per heavy atom. The SMILES string of the molecule is CCC(C)C(C)NC(=O)C(=O)NCC(N)=S. The fraction of sp³-hybridized carbons (Fsp3) is 0.700. The quantitative estimate of drug-likeness (QED) is 0.468. The maximum atomic E-state index is 11.4. The van der Waals surface area contributed by atoms with Crippen LogP contribution in [0.4, 0.5) is 0 Å². The van der Waals surface area contributed by atoms with Gasteiger partial charge in [-0.05, 0) is 12.8 Å². The topological polar surface area (TPSA) is 84.2 Å². The molecule has 2 unspecified atom stereocenters. The van der Waals surface area contributed by atoms with E-state index in [4.69, 9.17) is 5.73 Å². The minimum atomic E-state index is -0.706. The Kier molecular flexibility index (Phi) is 6.64. The van der Waals surface area contributed by atoms with Crippen LogP contribution >= 0.6 is 12.2 Å². The standard InChI is InChI=1S/C10H19N3O2S/c1-4-6(2)7(3)13-10(15)9(14)12-5-8(11)16/h6-7H,4-5H2,1-3H3,(H2,11,16)(H,12,14)(H,13,15). The van der Waals surface area contributed by atoms with Crippen LogP contribution in [-0.2, 0) is 9.59 Å². The van der Waals surface area contributed by atoms with Crippen LogP contribution in [0.5, 0.6) is 0 Å². The van der Waals surface area contributed by atoms with Crippen LogP contribution in [0.15, 0.2) is 0 Å². The minimum absolute atomic E-state index is 0.0342. The second-order valence-corrected chi connectivity index (χ2v) is 4.32. The van der Waals surface area contributed by atoms with Gasteiger partial charge in [0, 0.05) is 6.04 Å². The second-order valence-electron chi connectivity index (χ2n) is 3.80. The lowest BCUT2D eigenvalue weighted by Crippen LogP contribution is -2.47. The molecule has 92 valence electrons. The molecular weight excluding hydrogens is 226 g/mol. The summed E-state index contributed by atoms with van der Waals surface area (Å²) >= 11 is 4.58. The highest BCUT2D eigenvalue weighted by molar-refractivity contribution is 7.80. The van der Waals surface area contributed by atoms with E-state index in [0.29, 0.717) is 5.92 Å². The van der Waals surface area contributed by atoms with E-state index in [1.54, 1.807) is 0 Å².